The maximum absolute atomic E-state index is 12.1. The number of aromatic carboxylic acids is 1. The van der Waals surface area contributed by atoms with Crippen molar-refractivity contribution in [2.75, 3.05) is 6.54 Å². The molecule has 1 aromatic rings. The lowest BCUT2D eigenvalue weighted by molar-refractivity contribution is 0.0692. The molecule has 1 fully saturated rings. The fourth-order valence-corrected chi connectivity index (χ4v) is 4.25. The summed E-state index contributed by atoms with van der Waals surface area (Å²) in [4.78, 5) is 11.1. The SMILES string of the molecule is O=C(O)c1cccc2c1S(=O)(=O)C=C2CNC1CCC1. The van der Waals surface area contributed by atoms with Crippen molar-refractivity contribution in [2.45, 2.75) is 30.2 Å². The minimum atomic E-state index is -3.65. The summed E-state index contributed by atoms with van der Waals surface area (Å²) in [6.07, 6.45) is 3.43. The summed E-state index contributed by atoms with van der Waals surface area (Å²) in [6.45, 7) is 0.458. The monoisotopic (exact) mass is 293 g/mol. The normalized spacial score (nSPS) is 20.1. The quantitative estimate of drug-likeness (QED) is 0.882. The van der Waals surface area contributed by atoms with Gasteiger partial charge in [-0.1, -0.05) is 18.6 Å². The van der Waals surface area contributed by atoms with Crippen molar-refractivity contribution in [1.82, 2.24) is 5.32 Å². The average Bonchev–Trinajstić information content (AvgIpc) is 2.59. The van der Waals surface area contributed by atoms with Gasteiger partial charge in [-0.25, -0.2) is 13.2 Å². The maximum Gasteiger partial charge on any atom is 0.337 e. The second-order valence-electron chi connectivity index (χ2n) is 5.18. The first-order valence-corrected chi connectivity index (χ1v) is 8.09. The summed E-state index contributed by atoms with van der Waals surface area (Å²) in [5.41, 5.74) is 1.00. The molecular formula is C14H15NO4S. The van der Waals surface area contributed by atoms with Crippen LogP contribution in [0.1, 0.15) is 35.2 Å². The van der Waals surface area contributed by atoms with Crippen LogP contribution in [-0.4, -0.2) is 32.1 Å². The van der Waals surface area contributed by atoms with Gasteiger partial charge in [-0.3, -0.25) is 0 Å². The third-order valence-electron chi connectivity index (χ3n) is 3.86. The number of sulfone groups is 1. The lowest BCUT2D eigenvalue weighted by Crippen LogP contribution is -2.35. The molecule has 2 N–H and O–H groups in total. The van der Waals surface area contributed by atoms with E-state index >= 15 is 0 Å². The second-order valence-corrected chi connectivity index (χ2v) is 6.92. The smallest absolute Gasteiger partial charge is 0.337 e. The molecule has 1 aromatic carbocycles. The van der Waals surface area contributed by atoms with Gasteiger partial charge in [-0.15, -0.1) is 0 Å². The van der Waals surface area contributed by atoms with Crippen molar-refractivity contribution in [3.8, 4) is 0 Å². The largest absolute Gasteiger partial charge is 0.478 e. The van der Waals surface area contributed by atoms with E-state index in [0.29, 0.717) is 23.7 Å². The zero-order chi connectivity index (χ0) is 14.3. The molecule has 2 aliphatic rings. The first-order valence-electron chi connectivity index (χ1n) is 6.55. The Morgan fingerprint density at radius 1 is 1.35 bits per heavy atom. The van der Waals surface area contributed by atoms with Crippen molar-refractivity contribution in [3.05, 3.63) is 34.7 Å². The number of nitrogens with one attached hydrogen (secondary N) is 1. The van der Waals surface area contributed by atoms with Crippen molar-refractivity contribution < 1.29 is 18.3 Å². The van der Waals surface area contributed by atoms with E-state index < -0.39 is 15.8 Å². The molecule has 5 nitrogen and oxygen atoms in total. The van der Waals surface area contributed by atoms with Gasteiger partial charge < -0.3 is 10.4 Å². The van der Waals surface area contributed by atoms with E-state index in [9.17, 15) is 13.2 Å². The van der Waals surface area contributed by atoms with E-state index in [1.54, 1.807) is 12.1 Å². The molecule has 0 spiro atoms. The number of fused-ring (bicyclic) bond motifs is 1. The van der Waals surface area contributed by atoms with Crippen LogP contribution in [0.4, 0.5) is 0 Å². The van der Waals surface area contributed by atoms with Crippen LogP contribution in [0, 0.1) is 0 Å². The molecule has 0 amide bonds. The van der Waals surface area contributed by atoms with Crippen LogP contribution < -0.4 is 5.32 Å². The topological polar surface area (TPSA) is 83.5 Å². The lowest BCUT2D eigenvalue weighted by atomic mass is 9.93. The highest BCUT2D eigenvalue weighted by Crippen LogP contribution is 2.35. The Balaban J connectivity index is 1.96. The van der Waals surface area contributed by atoms with Crippen LogP contribution in [0.5, 0.6) is 0 Å². The van der Waals surface area contributed by atoms with Crippen molar-refractivity contribution in [1.29, 1.82) is 0 Å². The van der Waals surface area contributed by atoms with Crippen molar-refractivity contribution >= 4 is 21.4 Å². The molecule has 0 saturated heterocycles. The molecule has 1 saturated carbocycles. The fraction of sp³-hybridized carbons (Fsp3) is 0.357. The van der Waals surface area contributed by atoms with E-state index in [1.165, 1.54) is 17.9 Å². The minimum absolute atomic E-state index is 0.0714. The van der Waals surface area contributed by atoms with Crippen LogP contribution in [0.3, 0.4) is 0 Å². The van der Waals surface area contributed by atoms with Gasteiger partial charge in [-0.05, 0) is 30.0 Å². The van der Waals surface area contributed by atoms with E-state index in [2.05, 4.69) is 5.32 Å². The Labute approximate surface area is 117 Å². The summed E-state index contributed by atoms with van der Waals surface area (Å²) in [5, 5.41) is 13.6. The first-order chi connectivity index (χ1) is 9.49. The van der Waals surface area contributed by atoms with Gasteiger partial charge in [0.1, 0.15) is 0 Å². The molecular weight excluding hydrogens is 278 g/mol. The second kappa shape index (κ2) is 4.71. The van der Waals surface area contributed by atoms with Gasteiger partial charge in [0.2, 0.25) is 9.84 Å². The van der Waals surface area contributed by atoms with E-state index in [0.717, 1.165) is 12.8 Å². The van der Waals surface area contributed by atoms with Crippen LogP contribution in [0.15, 0.2) is 28.5 Å². The molecule has 0 aromatic heterocycles. The molecule has 0 unspecified atom stereocenters. The number of carboxylic acids is 1. The fourth-order valence-electron chi connectivity index (χ4n) is 2.58. The molecule has 106 valence electrons. The Hall–Kier alpha value is -1.66. The standard InChI is InChI=1S/C14H15NO4S/c16-14(17)12-6-2-5-11-9(7-15-10-3-1-4-10)8-20(18,19)13(11)12/h2,5-6,8,10,15H,1,3-4,7H2,(H,16,17). The van der Waals surface area contributed by atoms with Gasteiger partial charge >= 0.3 is 5.97 Å². The first kappa shape index (κ1) is 13.3. The number of benzene rings is 1. The minimum Gasteiger partial charge on any atom is -0.478 e. The molecule has 1 aliphatic carbocycles. The summed E-state index contributed by atoms with van der Waals surface area (Å²) in [5.74, 6) is -1.22. The maximum atomic E-state index is 12.1. The predicted molar refractivity (Wildman–Crippen MR) is 74.2 cm³/mol. The Bertz CT molecular complexity index is 702. The van der Waals surface area contributed by atoms with Crippen LogP contribution in [0.2, 0.25) is 0 Å². The highest BCUT2D eigenvalue weighted by atomic mass is 32.2. The van der Waals surface area contributed by atoms with Crippen LogP contribution in [-0.2, 0) is 9.84 Å². The average molecular weight is 293 g/mol. The number of hydrogen-bond donors (Lipinski definition) is 2. The molecule has 3 rings (SSSR count). The van der Waals surface area contributed by atoms with E-state index in [1.807, 2.05) is 0 Å². The van der Waals surface area contributed by atoms with Gasteiger partial charge in [0, 0.05) is 18.0 Å². The molecule has 1 heterocycles. The number of carbonyl (C=O) groups is 1. The molecule has 6 heteroatoms. The molecule has 0 radical (unpaired) electrons. The van der Waals surface area contributed by atoms with Gasteiger partial charge in [0.15, 0.2) is 0 Å². The molecule has 1 aliphatic heterocycles. The summed E-state index contributed by atoms with van der Waals surface area (Å²) < 4.78 is 24.3. The highest BCUT2D eigenvalue weighted by Gasteiger charge is 2.32. The van der Waals surface area contributed by atoms with Gasteiger partial charge in [-0.2, -0.15) is 0 Å². The Morgan fingerprint density at radius 2 is 2.10 bits per heavy atom. The highest BCUT2D eigenvalue weighted by molar-refractivity contribution is 7.95. The Kier molecular flexibility index (Phi) is 3.14. The lowest BCUT2D eigenvalue weighted by Gasteiger charge is -2.26. The number of rotatable bonds is 4. The zero-order valence-electron chi connectivity index (χ0n) is 10.8. The summed E-state index contributed by atoms with van der Waals surface area (Å²) >= 11 is 0. The van der Waals surface area contributed by atoms with Crippen molar-refractivity contribution in [2.24, 2.45) is 0 Å². The molecule has 0 atom stereocenters. The third kappa shape index (κ3) is 2.14. The molecule has 0 bridgehead atoms. The summed E-state index contributed by atoms with van der Waals surface area (Å²) in [7, 11) is -3.65. The predicted octanol–water partition coefficient (Wildman–Crippen LogP) is 1.66. The van der Waals surface area contributed by atoms with Crippen LogP contribution in [0.25, 0.3) is 5.57 Å². The van der Waals surface area contributed by atoms with E-state index in [4.69, 9.17) is 5.11 Å². The third-order valence-corrected chi connectivity index (χ3v) is 5.46. The van der Waals surface area contributed by atoms with Gasteiger partial charge in [0.05, 0.1) is 10.5 Å². The van der Waals surface area contributed by atoms with Crippen molar-refractivity contribution in [3.63, 3.8) is 0 Å². The van der Waals surface area contributed by atoms with Crippen LogP contribution >= 0.6 is 0 Å². The molecule has 20 heavy (non-hydrogen) atoms. The summed E-state index contributed by atoms with van der Waals surface area (Å²) in [6, 6.07) is 5.03. The number of carboxylic acid groups (broad SMARTS) is 1. The zero-order valence-corrected chi connectivity index (χ0v) is 11.6. The van der Waals surface area contributed by atoms with Gasteiger partial charge in [0.25, 0.3) is 0 Å². The number of hydrogen-bond acceptors (Lipinski definition) is 4. The van der Waals surface area contributed by atoms with E-state index in [-0.39, 0.29) is 10.5 Å². The Morgan fingerprint density at radius 3 is 2.70 bits per heavy atom.